The van der Waals surface area contributed by atoms with E-state index in [1.807, 2.05) is 7.05 Å². The van der Waals surface area contributed by atoms with E-state index < -0.39 is 10.0 Å². The van der Waals surface area contributed by atoms with Crippen LogP contribution in [0.25, 0.3) is 0 Å². The Hall–Kier alpha value is -1.27. The van der Waals surface area contributed by atoms with Crippen LogP contribution in [0, 0.1) is 5.92 Å². The molecule has 1 aromatic rings. The lowest BCUT2D eigenvalue weighted by Gasteiger charge is -2.38. The van der Waals surface area contributed by atoms with Crippen LogP contribution >= 0.6 is 0 Å². The molecule has 2 atom stereocenters. The van der Waals surface area contributed by atoms with Crippen LogP contribution in [0.5, 0.6) is 0 Å². The van der Waals surface area contributed by atoms with E-state index in [-0.39, 0.29) is 4.90 Å². The summed E-state index contributed by atoms with van der Waals surface area (Å²) in [5.74, 6) is 0.562. The molecule has 5 nitrogen and oxygen atoms in total. The Balaban J connectivity index is 2.43. The third kappa shape index (κ3) is 3.32. The number of nitrogens with two attached hydrogens (primary N) is 1. The Bertz CT molecular complexity index is 601. The number of hydrogen-bond donors (Lipinski definition) is 2. The molecule has 1 aromatic carbocycles. The van der Waals surface area contributed by atoms with E-state index in [2.05, 4.69) is 16.5 Å². The molecule has 21 heavy (non-hydrogen) atoms. The van der Waals surface area contributed by atoms with Gasteiger partial charge in [-0.25, -0.2) is 13.1 Å². The maximum absolute atomic E-state index is 12.2. The Labute approximate surface area is 127 Å². The molecule has 2 unspecified atom stereocenters. The number of nitrogen functional groups attached to an aromatic ring is 1. The van der Waals surface area contributed by atoms with Crippen LogP contribution < -0.4 is 15.4 Å². The van der Waals surface area contributed by atoms with Crippen LogP contribution in [0.3, 0.4) is 0 Å². The zero-order valence-electron chi connectivity index (χ0n) is 13.0. The van der Waals surface area contributed by atoms with Crippen molar-refractivity contribution >= 4 is 21.4 Å². The predicted molar refractivity (Wildman–Crippen MR) is 86.9 cm³/mol. The van der Waals surface area contributed by atoms with Gasteiger partial charge in [0, 0.05) is 18.8 Å². The molecular weight excluding hydrogens is 286 g/mol. The van der Waals surface area contributed by atoms with Gasteiger partial charge in [0.1, 0.15) is 4.90 Å². The lowest BCUT2D eigenvalue weighted by molar-refractivity contribution is 0.321. The highest BCUT2D eigenvalue weighted by molar-refractivity contribution is 7.89. The molecule has 0 radical (unpaired) electrons. The highest BCUT2D eigenvalue weighted by atomic mass is 32.2. The fourth-order valence-corrected chi connectivity index (χ4v) is 4.20. The second-order valence-electron chi connectivity index (χ2n) is 5.87. The topological polar surface area (TPSA) is 75.4 Å². The largest absolute Gasteiger partial charge is 0.399 e. The predicted octanol–water partition coefficient (Wildman–Crippen LogP) is 2.19. The van der Waals surface area contributed by atoms with Crippen LogP contribution in [-0.2, 0) is 10.0 Å². The number of rotatable bonds is 4. The second-order valence-corrected chi connectivity index (χ2v) is 7.73. The molecule has 0 saturated heterocycles. The Morgan fingerprint density at radius 2 is 1.95 bits per heavy atom. The van der Waals surface area contributed by atoms with Crippen LogP contribution in [0.1, 0.15) is 32.6 Å². The van der Waals surface area contributed by atoms with Gasteiger partial charge in [0.05, 0.1) is 5.69 Å². The summed E-state index contributed by atoms with van der Waals surface area (Å²) in [6.45, 7) is 2.24. The molecule has 0 heterocycles. The van der Waals surface area contributed by atoms with Crippen LogP contribution in [0.2, 0.25) is 0 Å². The molecule has 1 aliphatic carbocycles. The summed E-state index contributed by atoms with van der Waals surface area (Å²) in [4.78, 5) is 2.36. The first-order valence-electron chi connectivity index (χ1n) is 7.42. The standard InChI is InChI=1S/C15H25N3O2S/c1-11-6-4-5-7-13(11)18(3)14-9-8-12(16)10-15(14)21(19,20)17-2/h8-11,13,17H,4-7,16H2,1-3H3. The molecule has 1 fully saturated rings. The molecule has 0 aliphatic heterocycles. The highest BCUT2D eigenvalue weighted by Crippen LogP contribution is 2.34. The van der Waals surface area contributed by atoms with Gasteiger partial charge in [0.2, 0.25) is 10.0 Å². The average molecular weight is 311 g/mol. The number of anilines is 2. The van der Waals surface area contributed by atoms with Crippen LogP contribution in [0.4, 0.5) is 11.4 Å². The first kappa shape index (κ1) is 16.1. The van der Waals surface area contributed by atoms with E-state index in [0.29, 0.717) is 17.6 Å². The van der Waals surface area contributed by atoms with Gasteiger partial charge in [-0.3, -0.25) is 0 Å². The third-order valence-electron chi connectivity index (χ3n) is 4.49. The number of nitrogens with zero attached hydrogens (tertiary/aromatic N) is 1. The number of sulfonamides is 1. The molecule has 0 spiro atoms. The summed E-state index contributed by atoms with van der Waals surface area (Å²) in [5.41, 5.74) is 6.95. The maximum atomic E-state index is 12.2. The molecule has 0 aromatic heterocycles. The Morgan fingerprint density at radius 1 is 1.29 bits per heavy atom. The molecule has 2 rings (SSSR count). The van der Waals surface area contributed by atoms with Gasteiger partial charge in [-0.1, -0.05) is 19.8 Å². The zero-order chi connectivity index (χ0) is 15.6. The van der Waals surface area contributed by atoms with Gasteiger partial charge in [-0.05, 0) is 44.0 Å². The summed E-state index contributed by atoms with van der Waals surface area (Å²) < 4.78 is 26.9. The lowest BCUT2D eigenvalue weighted by atomic mass is 9.85. The van der Waals surface area contributed by atoms with E-state index in [1.54, 1.807) is 12.1 Å². The lowest BCUT2D eigenvalue weighted by Crippen LogP contribution is -2.40. The molecule has 1 saturated carbocycles. The van der Waals surface area contributed by atoms with Crippen molar-refractivity contribution in [3.05, 3.63) is 18.2 Å². The summed E-state index contributed by atoms with van der Waals surface area (Å²) in [6.07, 6.45) is 4.75. The minimum absolute atomic E-state index is 0.255. The summed E-state index contributed by atoms with van der Waals surface area (Å²) >= 11 is 0. The summed E-state index contributed by atoms with van der Waals surface area (Å²) in [6, 6.07) is 5.47. The van der Waals surface area contributed by atoms with E-state index in [0.717, 1.165) is 12.1 Å². The van der Waals surface area contributed by atoms with Gasteiger partial charge < -0.3 is 10.6 Å². The molecular formula is C15H25N3O2S. The first-order valence-corrected chi connectivity index (χ1v) is 8.91. The monoisotopic (exact) mass is 311 g/mol. The second kappa shape index (κ2) is 6.23. The van der Waals surface area contributed by atoms with Crippen molar-refractivity contribution in [3.8, 4) is 0 Å². The fourth-order valence-electron chi connectivity index (χ4n) is 3.20. The van der Waals surface area contributed by atoms with Crippen molar-refractivity contribution in [2.75, 3.05) is 24.7 Å². The van der Waals surface area contributed by atoms with Crippen molar-refractivity contribution in [1.82, 2.24) is 4.72 Å². The fraction of sp³-hybridized carbons (Fsp3) is 0.600. The Kier molecular flexibility index (Phi) is 4.78. The smallest absolute Gasteiger partial charge is 0.242 e. The third-order valence-corrected chi connectivity index (χ3v) is 5.93. The van der Waals surface area contributed by atoms with Crippen molar-refractivity contribution < 1.29 is 8.42 Å². The van der Waals surface area contributed by atoms with Crippen LogP contribution in [-0.4, -0.2) is 28.6 Å². The quantitative estimate of drug-likeness (QED) is 0.836. The minimum Gasteiger partial charge on any atom is -0.399 e. The highest BCUT2D eigenvalue weighted by Gasteiger charge is 2.28. The van der Waals surface area contributed by atoms with Gasteiger partial charge in [0.15, 0.2) is 0 Å². The van der Waals surface area contributed by atoms with E-state index in [1.165, 1.54) is 32.4 Å². The maximum Gasteiger partial charge on any atom is 0.242 e. The number of nitrogens with one attached hydrogen (secondary N) is 1. The van der Waals surface area contributed by atoms with E-state index in [4.69, 9.17) is 5.73 Å². The summed E-state index contributed by atoms with van der Waals surface area (Å²) in [5, 5.41) is 0. The van der Waals surface area contributed by atoms with Gasteiger partial charge in [0.25, 0.3) is 0 Å². The molecule has 3 N–H and O–H groups in total. The molecule has 0 amide bonds. The first-order chi connectivity index (χ1) is 9.86. The molecule has 6 heteroatoms. The van der Waals surface area contributed by atoms with Gasteiger partial charge >= 0.3 is 0 Å². The Morgan fingerprint density at radius 3 is 2.57 bits per heavy atom. The minimum atomic E-state index is -3.52. The van der Waals surface area contributed by atoms with Gasteiger partial charge in [-0.15, -0.1) is 0 Å². The van der Waals surface area contributed by atoms with Gasteiger partial charge in [-0.2, -0.15) is 0 Å². The SMILES string of the molecule is CNS(=O)(=O)c1cc(N)ccc1N(C)C1CCCCC1C. The van der Waals surface area contributed by atoms with Crippen molar-refractivity contribution in [2.24, 2.45) is 5.92 Å². The van der Waals surface area contributed by atoms with Crippen molar-refractivity contribution in [3.63, 3.8) is 0 Å². The summed E-state index contributed by atoms with van der Waals surface area (Å²) in [7, 11) is -0.123. The van der Waals surface area contributed by atoms with Crippen molar-refractivity contribution in [2.45, 2.75) is 43.5 Å². The normalized spacial score (nSPS) is 23.0. The number of benzene rings is 1. The van der Waals surface area contributed by atoms with E-state index in [9.17, 15) is 8.42 Å². The van der Waals surface area contributed by atoms with Crippen molar-refractivity contribution in [1.29, 1.82) is 0 Å². The molecule has 1 aliphatic rings. The zero-order valence-corrected chi connectivity index (χ0v) is 13.8. The average Bonchev–Trinajstić information content (AvgIpc) is 2.47. The number of hydrogen-bond acceptors (Lipinski definition) is 4. The molecule has 118 valence electrons. The van der Waals surface area contributed by atoms with E-state index >= 15 is 0 Å². The molecule has 0 bridgehead atoms. The van der Waals surface area contributed by atoms with Crippen LogP contribution in [0.15, 0.2) is 23.1 Å².